The smallest absolute Gasteiger partial charge is 0.312 e. The molecule has 3 rings (SSSR count). The summed E-state index contributed by atoms with van der Waals surface area (Å²) in [6, 6.07) is 1.68. The van der Waals surface area contributed by atoms with Gasteiger partial charge in [0.25, 0.3) is 0 Å². The number of rotatable bonds is 7. The second-order valence-corrected chi connectivity index (χ2v) is 6.41. The molecule has 5 heteroatoms. The van der Waals surface area contributed by atoms with Crippen LogP contribution in [0.25, 0.3) is 0 Å². The number of nitro groups is 1. The van der Waals surface area contributed by atoms with Crippen LogP contribution in [0.3, 0.4) is 0 Å². The third kappa shape index (κ3) is 2.90. The average molecular weight is 266 g/mol. The van der Waals surface area contributed by atoms with Crippen LogP contribution in [0.1, 0.15) is 31.2 Å². The van der Waals surface area contributed by atoms with E-state index >= 15 is 0 Å². The molecule has 0 atom stereocenters. The number of hydrogen-bond donors (Lipinski definition) is 1. The van der Waals surface area contributed by atoms with Gasteiger partial charge in [0, 0.05) is 18.0 Å². The van der Waals surface area contributed by atoms with Crippen molar-refractivity contribution in [2.24, 2.45) is 17.8 Å². The summed E-state index contributed by atoms with van der Waals surface area (Å²) in [6.07, 6.45) is 5.64. The van der Waals surface area contributed by atoms with Crippen molar-refractivity contribution in [3.05, 3.63) is 27.1 Å². The first-order valence-corrected chi connectivity index (χ1v) is 7.54. The van der Waals surface area contributed by atoms with Gasteiger partial charge in [-0.15, -0.1) is 0 Å². The fourth-order valence-corrected chi connectivity index (χ4v) is 3.43. The Bertz CT molecular complexity index is 426. The molecule has 1 aromatic heterocycles. The Morgan fingerprint density at radius 1 is 1.39 bits per heavy atom. The molecule has 0 unspecified atom stereocenters. The summed E-state index contributed by atoms with van der Waals surface area (Å²) >= 11 is 1.21. The minimum atomic E-state index is -0.314. The lowest BCUT2D eigenvalue weighted by atomic mass is 9.98. The van der Waals surface area contributed by atoms with E-state index in [1.807, 2.05) is 5.38 Å². The lowest BCUT2D eigenvalue weighted by Gasteiger charge is -2.15. The van der Waals surface area contributed by atoms with E-state index in [-0.39, 0.29) is 9.92 Å². The Morgan fingerprint density at radius 2 is 2.06 bits per heavy atom. The van der Waals surface area contributed by atoms with Crippen LogP contribution in [-0.2, 0) is 6.54 Å². The van der Waals surface area contributed by atoms with Gasteiger partial charge in [-0.2, -0.15) is 0 Å². The van der Waals surface area contributed by atoms with Crippen molar-refractivity contribution in [2.45, 2.75) is 32.2 Å². The average Bonchev–Trinajstić information content (AvgIpc) is 3.25. The highest BCUT2D eigenvalue weighted by atomic mass is 32.1. The van der Waals surface area contributed by atoms with Gasteiger partial charge < -0.3 is 5.32 Å². The molecule has 0 spiro atoms. The first-order chi connectivity index (χ1) is 8.74. The Balaban J connectivity index is 1.46. The fraction of sp³-hybridized carbons (Fsp3) is 0.692. The summed E-state index contributed by atoms with van der Waals surface area (Å²) in [5.41, 5.74) is 1.04. The van der Waals surface area contributed by atoms with Gasteiger partial charge in [-0.1, -0.05) is 11.3 Å². The topological polar surface area (TPSA) is 55.2 Å². The summed E-state index contributed by atoms with van der Waals surface area (Å²) in [4.78, 5) is 10.3. The zero-order chi connectivity index (χ0) is 12.5. The highest BCUT2D eigenvalue weighted by Gasteiger charge is 2.40. The molecule has 98 valence electrons. The predicted octanol–water partition coefficient (Wildman–Crippen LogP) is 3.18. The molecule has 1 heterocycles. The Hall–Kier alpha value is -0.940. The van der Waals surface area contributed by atoms with Gasteiger partial charge in [-0.3, -0.25) is 10.1 Å². The second-order valence-electron chi connectivity index (χ2n) is 5.52. The van der Waals surface area contributed by atoms with Crippen LogP contribution in [0.5, 0.6) is 0 Å². The van der Waals surface area contributed by atoms with Crippen LogP contribution in [0, 0.1) is 27.9 Å². The normalized spacial score (nSPS) is 19.4. The van der Waals surface area contributed by atoms with Gasteiger partial charge in [-0.05, 0) is 55.5 Å². The fourth-order valence-electron chi connectivity index (χ4n) is 2.70. The first-order valence-electron chi connectivity index (χ1n) is 6.66. The van der Waals surface area contributed by atoms with Crippen LogP contribution in [0.15, 0.2) is 11.4 Å². The van der Waals surface area contributed by atoms with Gasteiger partial charge >= 0.3 is 5.00 Å². The zero-order valence-electron chi connectivity index (χ0n) is 10.3. The molecule has 1 aromatic rings. The van der Waals surface area contributed by atoms with E-state index in [9.17, 15) is 10.1 Å². The summed E-state index contributed by atoms with van der Waals surface area (Å²) < 4.78 is 0. The highest BCUT2D eigenvalue weighted by Crippen LogP contribution is 2.48. The summed E-state index contributed by atoms with van der Waals surface area (Å²) in [5, 5.41) is 16.2. The molecule has 0 radical (unpaired) electrons. The van der Waals surface area contributed by atoms with Crippen molar-refractivity contribution in [2.75, 3.05) is 6.54 Å². The molecule has 0 bridgehead atoms. The van der Waals surface area contributed by atoms with Crippen LogP contribution < -0.4 is 5.32 Å². The summed E-state index contributed by atoms with van der Waals surface area (Å²) in [7, 11) is 0. The largest absolute Gasteiger partial charge is 0.324 e. The maximum absolute atomic E-state index is 10.6. The molecular weight excluding hydrogens is 248 g/mol. The number of thiophene rings is 1. The van der Waals surface area contributed by atoms with Crippen molar-refractivity contribution in [1.82, 2.24) is 5.32 Å². The van der Waals surface area contributed by atoms with Crippen LogP contribution in [-0.4, -0.2) is 11.5 Å². The quantitative estimate of drug-likeness (QED) is 0.609. The molecule has 0 aliphatic heterocycles. The molecule has 0 amide bonds. The number of nitrogens with one attached hydrogen (secondary N) is 1. The molecule has 2 aliphatic carbocycles. The number of hydrogen-bond acceptors (Lipinski definition) is 4. The van der Waals surface area contributed by atoms with Crippen molar-refractivity contribution < 1.29 is 4.92 Å². The molecule has 2 aliphatic rings. The van der Waals surface area contributed by atoms with Gasteiger partial charge in [0.1, 0.15) is 0 Å². The summed E-state index contributed by atoms with van der Waals surface area (Å²) in [5.74, 6) is 2.78. The molecule has 2 fully saturated rings. The Morgan fingerprint density at radius 3 is 2.56 bits per heavy atom. The van der Waals surface area contributed by atoms with Crippen molar-refractivity contribution in [3.8, 4) is 0 Å². The first kappa shape index (κ1) is 12.1. The molecule has 0 aromatic carbocycles. The molecule has 2 saturated carbocycles. The third-order valence-corrected chi connectivity index (χ3v) is 4.91. The molecule has 18 heavy (non-hydrogen) atoms. The standard InChI is InChI=1S/C13H18N2O2S/c16-15(17)13-5-9(8-18-13)6-14-7-12(10-1-2-10)11-3-4-11/h5,8,10-12,14H,1-4,6-7H2. The van der Waals surface area contributed by atoms with Gasteiger partial charge in [-0.25, -0.2) is 0 Å². The van der Waals surface area contributed by atoms with E-state index in [2.05, 4.69) is 5.32 Å². The van der Waals surface area contributed by atoms with E-state index in [4.69, 9.17) is 0 Å². The van der Waals surface area contributed by atoms with Gasteiger partial charge in [0.15, 0.2) is 0 Å². The van der Waals surface area contributed by atoms with Crippen molar-refractivity contribution >= 4 is 16.3 Å². The molecule has 1 N–H and O–H groups in total. The third-order valence-electron chi connectivity index (χ3n) is 3.98. The van der Waals surface area contributed by atoms with Crippen LogP contribution in [0.2, 0.25) is 0 Å². The van der Waals surface area contributed by atoms with Crippen LogP contribution >= 0.6 is 11.3 Å². The van der Waals surface area contributed by atoms with Crippen LogP contribution in [0.4, 0.5) is 5.00 Å². The van der Waals surface area contributed by atoms with E-state index in [0.29, 0.717) is 0 Å². The van der Waals surface area contributed by atoms with E-state index in [1.165, 1.54) is 37.0 Å². The van der Waals surface area contributed by atoms with Crippen molar-refractivity contribution in [3.63, 3.8) is 0 Å². The zero-order valence-corrected chi connectivity index (χ0v) is 11.1. The maximum atomic E-state index is 10.6. The lowest BCUT2D eigenvalue weighted by molar-refractivity contribution is -0.380. The van der Waals surface area contributed by atoms with E-state index in [1.54, 1.807) is 6.07 Å². The molecular formula is C13H18N2O2S. The Kier molecular flexibility index (Phi) is 3.35. The second kappa shape index (κ2) is 4.97. The predicted molar refractivity (Wildman–Crippen MR) is 71.6 cm³/mol. The highest BCUT2D eigenvalue weighted by molar-refractivity contribution is 7.13. The Labute approximate surface area is 111 Å². The van der Waals surface area contributed by atoms with Gasteiger partial charge in [0.2, 0.25) is 0 Å². The van der Waals surface area contributed by atoms with Crippen molar-refractivity contribution in [1.29, 1.82) is 0 Å². The lowest BCUT2D eigenvalue weighted by Crippen LogP contribution is -2.25. The maximum Gasteiger partial charge on any atom is 0.324 e. The molecule has 0 saturated heterocycles. The molecule has 4 nitrogen and oxygen atoms in total. The minimum absolute atomic E-state index is 0.243. The van der Waals surface area contributed by atoms with E-state index < -0.39 is 0 Å². The minimum Gasteiger partial charge on any atom is -0.312 e. The summed E-state index contributed by atoms with van der Waals surface area (Å²) in [6.45, 7) is 1.85. The van der Waals surface area contributed by atoms with E-state index in [0.717, 1.165) is 36.4 Å². The SMILES string of the molecule is O=[N+]([O-])c1cc(CNCC(C2CC2)C2CC2)cs1. The number of nitrogens with zero attached hydrogens (tertiary/aromatic N) is 1. The van der Waals surface area contributed by atoms with Gasteiger partial charge in [0.05, 0.1) is 4.92 Å². The monoisotopic (exact) mass is 266 g/mol.